The number of likely N-dealkylation sites (tertiary alicyclic amines) is 1. The number of carbonyl (C=O) groups is 1. The van der Waals surface area contributed by atoms with Crippen LogP contribution in [0.5, 0.6) is 0 Å². The van der Waals surface area contributed by atoms with Gasteiger partial charge in [-0.15, -0.1) is 11.8 Å². The number of amides is 1. The number of nitrogens with zero attached hydrogens (tertiary/aromatic N) is 3. The van der Waals surface area contributed by atoms with Gasteiger partial charge in [-0.1, -0.05) is 6.07 Å². The summed E-state index contributed by atoms with van der Waals surface area (Å²) in [6.07, 6.45) is 4.76. The number of carbonyl (C=O) groups excluding carboxylic acids is 1. The first-order valence-corrected chi connectivity index (χ1v) is 9.60. The fourth-order valence-electron chi connectivity index (χ4n) is 3.52. The maximum atomic E-state index is 12.6. The first-order valence-electron chi connectivity index (χ1n) is 8.61. The molecular formula is C20H19N3O2S. The van der Waals surface area contributed by atoms with Crippen LogP contribution in [0.15, 0.2) is 48.8 Å². The van der Waals surface area contributed by atoms with Gasteiger partial charge in [0.1, 0.15) is 0 Å². The number of hydrogen-bond acceptors (Lipinski definition) is 5. The standard InChI is InChI=1S/C20H19N3O2S/c21-10-16-2-1-3-17(8-16)19(24)23-13-20(14-23)9-18(12-26-20)25-11-15-4-6-22-7-5-15/h1-8,18H,9,11-14H2/t18-/m1/s1. The van der Waals surface area contributed by atoms with Crippen molar-refractivity contribution in [1.82, 2.24) is 9.88 Å². The zero-order valence-corrected chi connectivity index (χ0v) is 15.1. The van der Waals surface area contributed by atoms with E-state index in [1.54, 1.807) is 36.7 Å². The number of hydrogen-bond donors (Lipinski definition) is 0. The molecule has 1 aromatic carbocycles. The van der Waals surface area contributed by atoms with Crippen molar-refractivity contribution in [2.24, 2.45) is 0 Å². The topological polar surface area (TPSA) is 66.2 Å². The highest BCUT2D eigenvalue weighted by Gasteiger charge is 2.51. The molecule has 2 aliphatic heterocycles. The highest BCUT2D eigenvalue weighted by Crippen LogP contribution is 2.46. The van der Waals surface area contributed by atoms with Crippen molar-refractivity contribution >= 4 is 17.7 Å². The van der Waals surface area contributed by atoms with Crippen LogP contribution in [0, 0.1) is 11.3 Å². The molecule has 3 heterocycles. The second-order valence-electron chi connectivity index (χ2n) is 6.84. The van der Waals surface area contributed by atoms with Crippen LogP contribution in [-0.4, -0.2) is 45.5 Å². The predicted molar refractivity (Wildman–Crippen MR) is 99.7 cm³/mol. The molecule has 0 N–H and O–H groups in total. The molecule has 1 atom stereocenters. The molecule has 132 valence electrons. The normalized spacial score (nSPS) is 20.6. The molecule has 0 bridgehead atoms. The van der Waals surface area contributed by atoms with E-state index >= 15 is 0 Å². The van der Waals surface area contributed by atoms with E-state index in [9.17, 15) is 4.79 Å². The summed E-state index contributed by atoms with van der Waals surface area (Å²) in [6, 6.07) is 12.9. The molecule has 2 saturated heterocycles. The van der Waals surface area contributed by atoms with E-state index in [-0.39, 0.29) is 16.8 Å². The Morgan fingerprint density at radius 1 is 1.35 bits per heavy atom. The van der Waals surface area contributed by atoms with Crippen LogP contribution in [0.2, 0.25) is 0 Å². The molecule has 0 saturated carbocycles. The van der Waals surface area contributed by atoms with Crippen molar-refractivity contribution in [2.45, 2.75) is 23.9 Å². The minimum absolute atomic E-state index is 0.00878. The fraction of sp³-hybridized carbons (Fsp3) is 0.350. The van der Waals surface area contributed by atoms with Gasteiger partial charge in [-0.05, 0) is 42.3 Å². The molecule has 1 aromatic heterocycles. The second kappa shape index (κ2) is 7.10. The maximum absolute atomic E-state index is 12.6. The van der Waals surface area contributed by atoms with Crippen molar-refractivity contribution < 1.29 is 9.53 Å². The Balaban J connectivity index is 1.30. The van der Waals surface area contributed by atoms with E-state index in [4.69, 9.17) is 10.00 Å². The number of pyridine rings is 1. The molecule has 6 heteroatoms. The summed E-state index contributed by atoms with van der Waals surface area (Å²) in [6.45, 7) is 2.11. The average Bonchev–Trinajstić information content (AvgIpc) is 3.10. The van der Waals surface area contributed by atoms with Crippen LogP contribution in [0.4, 0.5) is 0 Å². The van der Waals surface area contributed by atoms with Gasteiger partial charge in [0.15, 0.2) is 0 Å². The molecule has 0 radical (unpaired) electrons. The quantitative estimate of drug-likeness (QED) is 0.833. The van der Waals surface area contributed by atoms with Gasteiger partial charge in [-0.3, -0.25) is 9.78 Å². The number of aromatic nitrogens is 1. The number of nitriles is 1. The lowest BCUT2D eigenvalue weighted by molar-refractivity contribution is 0.0255. The lowest BCUT2D eigenvalue weighted by atomic mass is 9.92. The van der Waals surface area contributed by atoms with Gasteiger partial charge >= 0.3 is 0 Å². The second-order valence-corrected chi connectivity index (χ2v) is 8.33. The molecule has 2 aliphatic rings. The van der Waals surface area contributed by atoms with Gasteiger partial charge in [0.05, 0.1) is 29.1 Å². The summed E-state index contributed by atoms with van der Waals surface area (Å²) in [4.78, 5) is 18.5. The van der Waals surface area contributed by atoms with Crippen molar-refractivity contribution in [3.63, 3.8) is 0 Å². The van der Waals surface area contributed by atoms with E-state index in [0.717, 1.165) is 30.8 Å². The van der Waals surface area contributed by atoms with E-state index in [0.29, 0.717) is 17.7 Å². The first-order chi connectivity index (χ1) is 12.7. The third-order valence-corrected chi connectivity index (χ3v) is 6.47. The van der Waals surface area contributed by atoms with Gasteiger partial charge in [0.25, 0.3) is 5.91 Å². The molecular weight excluding hydrogens is 346 g/mol. The summed E-state index contributed by atoms with van der Waals surface area (Å²) in [5.41, 5.74) is 2.24. The van der Waals surface area contributed by atoms with E-state index in [1.165, 1.54) is 0 Å². The average molecular weight is 365 g/mol. The van der Waals surface area contributed by atoms with Gasteiger partial charge < -0.3 is 9.64 Å². The van der Waals surface area contributed by atoms with Gasteiger partial charge in [-0.25, -0.2) is 0 Å². The van der Waals surface area contributed by atoms with Crippen molar-refractivity contribution in [3.05, 3.63) is 65.5 Å². The number of thioether (sulfide) groups is 1. The van der Waals surface area contributed by atoms with Gasteiger partial charge in [0, 0.05) is 36.8 Å². The third-order valence-electron chi connectivity index (χ3n) is 4.89. The van der Waals surface area contributed by atoms with Crippen LogP contribution < -0.4 is 0 Å². The van der Waals surface area contributed by atoms with E-state index < -0.39 is 0 Å². The van der Waals surface area contributed by atoms with Crippen LogP contribution in [-0.2, 0) is 11.3 Å². The summed E-state index contributed by atoms with van der Waals surface area (Å²) < 4.78 is 6.17. The Hall–Kier alpha value is -2.36. The van der Waals surface area contributed by atoms with Crippen molar-refractivity contribution in [3.8, 4) is 6.07 Å². The van der Waals surface area contributed by atoms with Gasteiger partial charge in [-0.2, -0.15) is 5.26 Å². The van der Waals surface area contributed by atoms with E-state index in [2.05, 4.69) is 11.1 Å². The third kappa shape index (κ3) is 3.46. The summed E-state index contributed by atoms with van der Waals surface area (Å²) >= 11 is 1.92. The Morgan fingerprint density at radius 3 is 2.92 bits per heavy atom. The highest BCUT2D eigenvalue weighted by atomic mass is 32.2. The Kier molecular flexibility index (Phi) is 4.66. The molecule has 0 unspecified atom stereocenters. The zero-order chi connectivity index (χ0) is 18.0. The smallest absolute Gasteiger partial charge is 0.253 e. The summed E-state index contributed by atoms with van der Waals surface area (Å²) in [5, 5.41) is 8.99. The van der Waals surface area contributed by atoms with Crippen molar-refractivity contribution in [2.75, 3.05) is 18.8 Å². The van der Waals surface area contributed by atoms with Crippen LogP contribution in [0.1, 0.15) is 27.9 Å². The maximum Gasteiger partial charge on any atom is 0.253 e. The Labute approximate surface area is 157 Å². The molecule has 2 fully saturated rings. The number of benzene rings is 1. The molecule has 2 aromatic rings. The highest BCUT2D eigenvalue weighted by molar-refractivity contribution is 8.01. The minimum atomic E-state index is 0.00878. The number of rotatable bonds is 4. The van der Waals surface area contributed by atoms with Crippen molar-refractivity contribution in [1.29, 1.82) is 5.26 Å². The zero-order valence-electron chi connectivity index (χ0n) is 14.3. The van der Waals surface area contributed by atoms with Crippen LogP contribution >= 0.6 is 11.8 Å². The Morgan fingerprint density at radius 2 is 2.15 bits per heavy atom. The Bertz CT molecular complexity index is 844. The van der Waals surface area contributed by atoms with Crippen LogP contribution in [0.3, 0.4) is 0 Å². The van der Waals surface area contributed by atoms with E-state index in [1.807, 2.05) is 28.8 Å². The minimum Gasteiger partial charge on any atom is -0.373 e. The van der Waals surface area contributed by atoms with Crippen LogP contribution in [0.25, 0.3) is 0 Å². The molecule has 5 nitrogen and oxygen atoms in total. The monoisotopic (exact) mass is 365 g/mol. The molecule has 1 spiro atoms. The lowest BCUT2D eigenvalue weighted by Gasteiger charge is -2.47. The predicted octanol–water partition coefficient (Wildman–Crippen LogP) is 2.87. The molecule has 4 rings (SSSR count). The SMILES string of the molecule is N#Cc1cccc(C(=O)N2CC3(C[C@@H](OCc4ccncc4)CS3)C2)c1. The van der Waals surface area contributed by atoms with Gasteiger partial charge in [0.2, 0.25) is 0 Å². The first kappa shape index (κ1) is 17.1. The lowest BCUT2D eigenvalue weighted by Crippen LogP contribution is -2.60. The molecule has 0 aliphatic carbocycles. The fourth-order valence-corrected chi connectivity index (χ4v) is 5.07. The summed E-state index contributed by atoms with van der Waals surface area (Å²) in [5.74, 6) is 0.978. The molecule has 1 amide bonds. The number of ether oxygens (including phenoxy) is 1. The largest absolute Gasteiger partial charge is 0.373 e. The summed E-state index contributed by atoms with van der Waals surface area (Å²) in [7, 11) is 0. The molecule has 26 heavy (non-hydrogen) atoms.